The summed E-state index contributed by atoms with van der Waals surface area (Å²) in [5, 5.41) is 5.35. The fourth-order valence-electron chi connectivity index (χ4n) is 4.79. The number of likely N-dealkylation sites (tertiary alicyclic amines) is 1. The molecule has 1 N–H and O–H groups in total. The molecule has 1 saturated heterocycles. The molecule has 2 fully saturated rings. The number of carbonyl (C=O) groups is 2. The third-order valence-corrected chi connectivity index (χ3v) is 6.82. The first kappa shape index (κ1) is 20.8. The topological polar surface area (TPSA) is 77.9 Å². The van der Waals surface area contributed by atoms with Crippen LogP contribution in [0, 0.1) is 17.7 Å². The molecular formula is C26H24FN5O2. The summed E-state index contributed by atoms with van der Waals surface area (Å²) in [5.74, 6) is 0.899. The predicted molar refractivity (Wildman–Crippen MR) is 127 cm³/mol. The number of halogens is 1. The zero-order valence-electron chi connectivity index (χ0n) is 18.5. The standard InChI is InChI=1S/C26H24FN5O2/c27-21-11-19(20-6-3-17-2-1-9-28-22(17)12-20)7-8-23(21)32-24(29-30-25(32)15-33)10-16-13-31(14-16)26(34)18-4-5-18/h1-3,6-9,11-12,15-16,18,25,30H,4-5,10,13-14H2. The van der Waals surface area contributed by atoms with Crippen LogP contribution in [-0.2, 0) is 9.59 Å². The summed E-state index contributed by atoms with van der Waals surface area (Å²) in [7, 11) is 0. The van der Waals surface area contributed by atoms with Crippen LogP contribution in [0.5, 0.6) is 0 Å². The fraction of sp³-hybridized carbons (Fsp3) is 0.308. The first-order chi connectivity index (χ1) is 16.6. The van der Waals surface area contributed by atoms with Crippen molar-refractivity contribution < 1.29 is 14.0 Å². The lowest BCUT2D eigenvalue weighted by molar-refractivity contribution is -0.138. The Morgan fingerprint density at radius 1 is 1.12 bits per heavy atom. The van der Waals surface area contributed by atoms with Gasteiger partial charge in [0.1, 0.15) is 11.7 Å². The van der Waals surface area contributed by atoms with Gasteiger partial charge in [0.05, 0.1) is 11.2 Å². The first-order valence-corrected chi connectivity index (χ1v) is 11.6. The SMILES string of the molecule is O=CC1NN=C(CC2CN(C(=O)C3CC3)C2)N1c1ccc(-c2ccc3cccnc3c2)cc1F. The number of fused-ring (bicyclic) bond motifs is 1. The van der Waals surface area contributed by atoms with Gasteiger partial charge >= 0.3 is 0 Å². The molecule has 0 radical (unpaired) electrons. The lowest BCUT2D eigenvalue weighted by Crippen LogP contribution is -2.52. The second-order valence-electron chi connectivity index (χ2n) is 9.27. The third-order valence-electron chi connectivity index (χ3n) is 6.82. The van der Waals surface area contributed by atoms with Gasteiger partial charge in [-0.05, 0) is 48.2 Å². The van der Waals surface area contributed by atoms with Gasteiger partial charge < -0.3 is 4.90 Å². The minimum Gasteiger partial charge on any atom is -0.342 e. The first-order valence-electron chi connectivity index (χ1n) is 11.6. The normalized spacial score (nSPS) is 20.1. The van der Waals surface area contributed by atoms with Crippen LogP contribution >= 0.6 is 0 Å². The Balaban J connectivity index is 1.21. The molecule has 8 heteroatoms. The van der Waals surface area contributed by atoms with Gasteiger partial charge in [-0.2, -0.15) is 5.10 Å². The van der Waals surface area contributed by atoms with E-state index in [0.717, 1.165) is 41.2 Å². The summed E-state index contributed by atoms with van der Waals surface area (Å²) in [4.78, 5) is 31.8. The average molecular weight is 458 g/mol. The molecule has 1 saturated carbocycles. The van der Waals surface area contributed by atoms with Gasteiger partial charge in [-0.1, -0.05) is 24.3 Å². The van der Waals surface area contributed by atoms with Crippen LogP contribution in [0.1, 0.15) is 19.3 Å². The molecule has 1 atom stereocenters. The van der Waals surface area contributed by atoms with E-state index < -0.39 is 12.0 Å². The Morgan fingerprint density at radius 3 is 2.68 bits per heavy atom. The number of aldehydes is 1. The Bertz CT molecular complexity index is 1320. The number of nitrogens with one attached hydrogen (secondary N) is 1. The number of hydrogen-bond donors (Lipinski definition) is 1. The maximum absolute atomic E-state index is 15.4. The lowest BCUT2D eigenvalue weighted by Gasteiger charge is -2.40. The van der Waals surface area contributed by atoms with Crippen molar-refractivity contribution in [2.24, 2.45) is 16.9 Å². The van der Waals surface area contributed by atoms with Gasteiger partial charge in [0.15, 0.2) is 12.5 Å². The van der Waals surface area contributed by atoms with Crippen LogP contribution in [0.2, 0.25) is 0 Å². The Hall–Kier alpha value is -3.81. The van der Waals surface area contributed by atoms with Crippen LogP contribution in [0.3, 0.4) is 0 Å². The second kappa shape index (κ2) is 8.20. The van der Waals surface area contributed by atoms with E-state index in [2.05, 4.69) is 15.5 Å². The van der Waals surface area contributed by atoms with E-state index in [1.54, 1.807) is 17.2 Å². The highest BCUT2D eigenvalue weighted by Gasteiger charge is 2.41. The summed E-state index contributed by atoms with van der Waals surface area (Å²) in [6.45, 7) is 1.37. The molecule has 6 rings (SSSR count). The molecule has 0 spiro atoms. The predicted octanol–water partition coefficient (Wildman–Crippen LogP) is 3.55. The molecule has 172 valence electrons. The molecule has 2 aromatic carbocycles. The van der Waals surface area contributed by atoms with Crippen molar-refractivity contribution in [1.29, 1.82) is 0 Å². The summed E-state index contributed by atoms with van der Waals surface area (Å²) in [6, 6.07) is 14.7. The van der Waals surface area contributed by atoms with E-state index in [0.29, 0.717) is 31.0 Å². The molecule has 7 nitrogen and oxygen atoms in total. The van der Waals surface area contributed by atoms with Gasteiger partial charge in [-0.25, -0.2) is 4.39 Å². The number of rotatable bonds is 6. The number of hydrazone groups is 1. The number of benzene rings is 2. The van der Waals surface area contributed by atoms with Gasteiger partial charge in [-0.15, -0.1) is 0 Å². The third kappa shape index (κ3) is 3.69. The summed E-state index contributed by atoms with van der Waals surface area (Å²) < 4.78 is 15.4. The van der Waals surface area contributed by atoms with Crippen LogP contribution in [0.25, 0.3) is 22.0 Å². The lowest BCUT2D eigenvalue weighted by atomic mass is 9.94. The second-order valence-corrected chi connectivity index (χ2v) is 9.27. The van der Waals surface area contributed by atoms with Crippen LogP contribution in [0.4, 0.5) is 10.1 Å². The molecule has 1 aliphatic carbocycles. The van der Waals surface area contributed by atoms with Gasteiger partial charge in [0, 0.05) is 42.9 Å². The molecule has 1 amide bonds. The number of anilines is 1. The monoisotopic (exact) mass is 457 g/mol. The van der Waals surface area contributed by atoms with Crippen molar-refractivity contribution in [3.05, 3.63) is 60.5 Å². The Labute approximate surface area is 196 Å². The minimum absolute atomic E-state index is 0.216. The van der Waals surface area contributed by atoms with Crippen molar-refractivity contribution in [1.82, 2.24) is 15.3 Å². The molecule has 1 unspecified atom stereocenters. The van der Waals surface area contributed by atoms with Gasteiger partial charge in [0.25, 0.3) is 0 Å². The van der Waals surface area contributed by atoms with Crippen LogP contribution in [-0.4, -0.2) is 47.2 Å². The maximum atomic E-state index is 15.4. The van der Waals surface area contributed by atoms with E-state index in [4.69, 9.17) is 0 Å². The Kier molecular flexibility index (Phi) is 5.01. The molecule has 3 aliphatic rings. The number of aromatic nitrogens is 1. The van der Waals surface area contributed by atoms with Crippen molar-refractivity contribution >= 4 is 34.6 Å². The van der Waals surface area contributed by atoms with Crippen LogP contribution < -0.4 is 10.3 Å². The van der Waals surface area contributed by atoms with E-state index in [1.165, 1.54) is 6.07 Å². The molecular weight excluding hydrogens is 433 g/mol. The van der Waals surface area contributed by atoms with E-state index in [9.17, 15) is 9.59 Å². The highest BCUT2D eigenvalue weighted by molar-refractivity contribution is 6.03. The summed E-state index contributed by atoms with van der Waals surface area (Å²) in [5.41, 5.74) is 5.55. The molecule has 3 heterocycles. The zero-order chi connectivity index (χ0) is 23.2. The molecule has 0 bridgehead atoms. The van der Waals surface area contributed by atoms with Crippen molar-refractivity contribution in [3.8, 4) is 11.1 Å². The average Bonchev–Trinajstić information content (AvgIpc) is 3.61. The van der Waals surface area contributed by atoms with Gasteiger partial charge in [-0.3, -0.25) is 24.9 Å². The Morgan fingerprint density at radius 2 is 1.91 bits per heavy atom. The summed E-state index contributed by atoms with van der Waals surface area (Å²) >= 11 is 0. The smallest absolute Gasteiger partial charge is 0.225 e. The zero-order valence-corrected chi connectivity index (χ0v) is 18.5. The largest absolute Gasteiger partial charge is 0.342 e. The van der Waals surface area contributed by atoms with E-state index in [1.807, 2.05) is 41.3 Å². The minimum atomic E-state index is -0.760. The van der Waals surface area contributed by atoms with Crippen molar-refractivity contribution in [2.45, 2.75) is 25.4 Å². The number of pyridine rings is 1. The molecule has 2 aliphatic heterocycles. The highest BCUT2D eigenvalue weighted by Crippen LogP contribution is 2.35. The molecule has 34 heavy (non-hydrogen) atoms. The highest BCUT2D eigenvalue weighted by atomic mass is 19.1. The molecule has 3 aromatic rings. The number of carbonyl (C=O) groups excluding carboxylic acids is 2. The number of nitrogens with zero attached hydrogens (tertiary/aromatic N) is 4. The number of amidine groups is 1. The fourth-order valence-corrected chi connectivity index (χ4v) is 4.79. The quantitative estimate of drug-likeness (QED) is 0.573. The summed E-state index contributed by atoms with van der Waals surface area (Å²) in [6.07, 6.45) is 4.27. The van der Waals surface area contributed by atoms with E-state index >= 15 is 4.39 Å². The van der Waals surface area contributed by atoms with Gasteiger partial charge in [0.2, 0.25) is 5.91 Å². The molecule has 1 aromatic heterocycles. The number of hydrogen-bond acceptors (Lipinski definition) is 6. The van der Waals surface area contributed by atoms with Crippen molar-refractivity contribution in [2.75, 3.05) is 18.0 Å². The maximum Gasteiger partial charge on any atom is 0.225 e. The number of amides is 1. The van der Waals surface area contributed by atoms with E-state index in [-0.39, 0.29) is 17.7 Å². The van der Waals surface area contributed by atoms with Crippen molar-refractivity contribution in [3.63, 3.8) is 0 Å². The van der Waals surface area contributed by atoms with Crippen LogP contribution in [0.15, 0.2) is 59.8 Å².